The zero-order valence-electron chi connectivity index (χ0n) is 10.7. The molecule has 0 saturated heterocycles. The van der Waals surface area contributed by atoms with E-state index in [2.05, 4.69) is 19.9 Å². The highest BCUT2D eigenvalue weighted by Crippen LogP contribution is 2.26. The van der Waals surface area contributed by atoms with E-state index in [1.165, 1.54) is 6.33 Å². The molecule has 7 heteroatoms. The van der Waals surface area contributed by atoms with Crippen molar-refractivity contribution < 1.29 is 0 Å². The van der Waals surface area contributed by atoms with Gasteiger partial charge in [-0.05, 0) is 12.1 Å². The molecule has 0 fully saturated rings. The van der Waals surface area contributed by atoms with Crippen LogP contribution in [-0.2, 0) is 0 Å². The molecule has 100 valence electrons. The third-order valence-corrected chi connectivity index (χ3v) is 3.27. The molecule has 0 atom stereocenters. The monoisotopic (exact) mass is 284 g/mol. The second kappa shape index (κ2) is 4.86. The third-order valence-electron chi connectivity index (χ3n) is 3.04. The Morgan fingerprint density at radius 2 is 2.15 bits per heavy atom. The first-order valence-corrected chi connectivity index (χ1v) is 6.35. The number of thiocarbonyl (C=S) groups is 1. The summed E-state index contributed by atoms with van der Waals surface area (Å²) in [6.45, 7) is 0. The molecule has 0 bridgehead atoms. The van der Waals surface area contributed by atoms with Crippen LogP contribution < -0.4 is 10.6 Å². The van der Waals surface area contributed by atoms with Crippen molar-refractivity contribution in [1.29, 1.82) is 0 Å². The van der Waals surface area contributed by atoms with Crippen molar-refractivity contribution in [2.24, 2.45) is 5.73 Å². The molecule has 2 heterocycles. The minimum absolute atomic E-state index is 0.370. The molecule has 6 nitrogen and oxygen atoms in total. The highest BCUT2D eigenvalue weighted by Gasteiger charge is 2.12. The second-order valence-electron chi connectivity index (χ2n) is 4.27. The molecule has 1 aromatic carbocycles. The molecule has 3 aromatic rings. The first kappa shape index (κ1) is 12.5. The Morgan fingerprint density at radius 1 is 1.30 bits per heavy atom. The molecular formula is C13H12N6S. The van der Waals surface area contributed by atoms with Gasteiger partial charge in [-0.15, -0.1) is 0 Å². The molecule has 0 spiro atoms. The van der Waals surface area contributed by atoms with E-state index in [-0.39, 0.29) is 0 Å². The van der Waals surface area contributed by atoms with Gasteiger partial charge in [0.1, 0.15) is 16.8 Å². The molecule has 3 rings (SSSR count). The van der Waals surface area contributed by atoms with E-state index in [9.17, 15) is 0 Å². The maximum Gasteiger partial charge on any atom is 0.182 e. The lowest BCUT2D eigenvalue weighted by atomic mass is 10.2. The second-order valence-corrected chi connectivity index (χ2v) is 4.71. The summed E-state index contributed by atoms with van der Waals surface area (Å²) in [5.74, 6) is 0.743. The lowest BCUT2D eigenvalue weighted by Crippen LogP contribution is -2.14. The number of H-pyrrole nitrogens is 1. The van der Waals surface area contributed by atoms with Crippen LogP contribution in [0.4, 0.5) is 11.5 Å². The van der Waals surface area contributed by atoms with Gasteiger partial charge in [-0.2, -0.15) is 0 Å². The van der Waals surface area contributed by atoms with E-state index in [1.807, 2.05) is 36.2 Å². The summed E-state index contributed by atoms with van der Waals surface area (Å²) in [7, 11) is 1.92. The summed E-state index contributed by atoms with van der Waals surface area (Å²) in [4.78, 5) is 17.9. The van der Waals surface area contributed by atoms with Gasteiger partial charge in [0.25, 0.3) is 0 Å². The summed E-state index contributed by atoms with van der Waals surface area (Å²) in [5.41, 5.74) is 8.84. The SMILES string of the molecule is CN(c1cccc(C(N)=S)c1)c1ncnc2nc[nH]c12. The number of aromatic amines is 1. The number of hydrogen-bond donors (Lipinski definition) is 2. The average molecular weight is 284 g/mol. The van der Waals surface area contributed by atoms with Crippen molar-refractivity contribution in [3.63, 3.8) is 0 Å². The minimum atomic E-state index is 0.370. The number of nitrogens with one attached hydrogen (secondary N) is 1. The predicted molar refractivity (Wildman–Crippen MR) is 82.1 cm³/mol. The molecular weight excluding hydrogens is 272 g/mol. The number of fused-ring (bicyclic) bond motifs is 1. The van der Waals surface area contributed by atoms with E-state index >= 15 is 0 Å². The molecule has 0 aliphatic heterocycles. The highest BCUT2D eigenvalue weighted by molar-refractivity contribution is 7.80. The topological polar surface area (TPSA) is 83.7 Å². The van der Waals surface area contributed by atoms with Gasteiger partial charge in [0.15, 0.2) is 11.5 Å². The van der Waals surface area contributed by atoms with E-state index in [1.54, 1.807) is 6.33 Å². The van der Waals surface area contributed by atoms with Crippen LogP contribution in [0.3, 0.4) is 0 Å². The van der Waals surface area contributed by atoms with Crippen LogP contribution >= 0.6 is 12.2 Å². The van der Waals surface area contributed by atoms with E-state index < -0.39 is 0 Å². The van der Waals surface area contributed by atoms with Crippen LogP contribution in [0.2, 0.25) is 0 Å². The number of nitrogens with zero attached hydrogens (tertiary/aromatic N) is 4. The maximum atomic E-state index is 5.67. The molecule has 0 aliphatic rings. The Balaban J connectivity index is 2.08. The van der Waals surface area contributed by atoms with Gasteiger partial charge in [0.05, 0.1) is 6.33 Å². The standard InChI is InChI=1S/C13H12N6S/c1-19(9-4-2-3-8(5-9)11(14)20)13-10-12(16-6-15-10)17-7-18-13/h2-7H,1H3,(H2,14,20)(H,15,16,17,18). The molecule has 2 aromatic heterocycles. The maximum absolute atomic E-state index is 5.67. The fourth-order valence-electron chi connectivity index (χ4n) is 2.00. The van der Waals surface area contributed by atoms with Crippen molar-refractivity contribution >= 4 is 39.9 Å². The van der Waals surface area contributed by atoms with E-state index in [4.69, 9.17) is 18.0 Å². The lowest BCUT2D eigenvalue weighted by molar-refractivity contribution is 1.10. The molecule has 3 N–H and O–H groups in total. The first-order chi connectivity index (χ1) is 9.66. The van der Waals surface area contributed by atoms with E-state index in [0.29, 0.717) is 10.6 Å². The Hall–Kier alpha value is -2.54. The average Bonchev–Trinajstić information content (AvgIpc) is 2.95. The minimum Gasteiger partial charge on any atom is -0.389 e. The van der Waals surface area contributed by atoms with Crippen LogP contribution in [0, 0.1) is 0 Å². The Labute approximate surface area is 120 Å². The van der Waals surface area contributed by atoms with Crippen molar-refractivity contribution in [2.45, 2.75) is 0 Å². The van der Waals surface area contributed by atoms with Gasteiger partial charge in [0.2, 0.25) is 0 Å². The Morgan fingerprint density at radius 3 is 2.95 bits per heavy atom. The summed E-state index contributed by atoms with van der Waals surface area (Å²) in [6.07, 6.45) is 3.09. The summed E-state index contributed by atoms with van der Waals surface area (Å²) in [6, 6.07) is 7.68. The van der Waals surface area contributed by atoms with Gasteiger partial charge in [0, 0.05) is 18.3 Å². The quantitative estimate of drug-likeness (QED) is 0.713. The van der Waals surface area contributed by atoms with E-state index in [0.717, 1.165) is 22.6 Å². The first-order valence-electron chi connectivity index (χ1n) is 5.94. The smallest absolute Gasteiger partial charge is 0.182 e. The number of benzene rings is 1. The number of anilines is 2. The van der Waals surface area contributed by atoms with Crippen LogP contribution in [0.5, 0.6) is 0 Å². The number of nitrogens with two attached hydrogens (primary N) is 1. The highest BCUT2D eigenvalue weighted by atomic mass is 32.1. The van der Waals surface area contributed by atoms with Crippen LogP contribution in [0.15, 0.2) is 36.9 Å². The summed E-state index contributed by atoms with van der Waals surface area (Å²) in [5, 5.41) is 0. The van der Waals surface area contributed by atoms with Crippen LogP contribution in [0.25, 0.3) is 11.2 Å². The van der Waals surface area contributed by atoms with Crippen molar-refractivity contribution in [2.75, 3.05) is 11.9 Å². The van der Waals surface area contributed by atoms with Gasteiger partial charge >= 0.3 is 0 Å². The molecule has 0 radical (unpaired) electrons. The molecule has 20 heavy (non-hydrogen) atoms. The number of imidazole rings is 1. The van der Waals surface area contributed by atoms with Crippen LogP contribution in [-0.4, -0.2) is 32.0 Å². The summed E-state index contributed by atoms with van der Waals surface area (Å²) < 4.78 is 0. The van der Waals surface area contributed by atoms with Crippen molar-refractivity contribution in [3.05, 3.63) is 42.5 Å². The van der Waals surface area contributed by atoms with Crippen molar-refractivity contribution in [1.82, 2.24) is 19.9 Å². The van der Waals surface area contributed by atoms with Crippen molar-refractivity contribution in [3.8, 4) is 0 Å². The van der Waals surface area contributed by atoms with Gasteiger partial charge in [-0.25, -0.2) is 15.0 Å². The van der Waals surface area contributed by atoms with Gasteiger partial charge in [-0.3, -0.25) is 0 Å². The Kier molecular flexibility index (Phi) is 3.03. The zero-order valence-corrected chi connectivity index (χ0v) is 11.6. The van der Waals surface area contributed by atoms with Gasteiger partial charge < -0.3 is 15.6 Å². The molecule has 0 saturated carbocycles. The molecule has 0 aliphatic carbocycles. The van der Waals surface area contributed by atoms with Gasteiger partial charge in [-0.1, -0.05) is 24.4 Å². The zero-order chi connectivity index (χ0) is 14.1. The molecule has 0 unspecified atom stereocenters. The number of hydrogen-bond acceptors (Lipinski definition) is 5. The normalized spacial score (nSPS) is 10.7. The fraction of sp³-hybridized carbons (Fsp3) is 0.0769. The van der Waals surface area contributed by atoms with Crippen LogP contribution in [0.1, 0.15) is 5.56 Å². The largest absolute Gasteiger partial charge is 0.389 e. The fourth-order valence-corrected chi connectivity index (χ4v) is 2.12. The third kappa shape index (κ3) is 2.08. The Bertz CT molecular complexity index is 781. The summed E-state index contributed by atoms with van der Waals surface area (Å²) >= 11 is 5.01. The predicted octanol–water partition coefficient (Wildman–Crippen LogP) is 1.75. The lowest BCUT2D eigenvalue weighted by Gasteiger charge is -2.19. The number of rotatable bonds is 3. The number of aromatic nitrogens is 4. The molecule has 0 amide bonds.